The second-order valence-electron chi connectivity index (χ2n) is 7.27. The number of anilines is 2. The second kappa shape index (κ2) is 10.5. The molecule has 0 aliphatic rings. The van der Waals surface area contributed by atoms with Gasteiger partial charge >= 0.3 is 0 Å². The van der Waals surface area contributed by atoms with Crippen LogP contribution in [0.2, 0.25) is 0 Å². The van der Waals surface area contributed by atoms with E-state index in [1.54, 1.807) is 0 Å². The molecule has 13 heteroatoms. The van der Waals surface area contributed by atoms with Gasteiger partial charge < -0.3 is 10.4 Å². The molecule has 2 rings (SSSR count). The molecule has 1 heterocycles. The number of hydrogen-bond acceptors (Lipinski definition) is 8. The summed E-state index contributed by atoms with van der Waals surface area (Å²) in [6, 6.07) is 4.11. The van der Waals surface area contributed by atoms with E-state index in [1.165, 1.54) is 12.1 Å². The summed E-state index contributed by atoms with van der Waals surface area (Å²) in [4.78, 5) is 11.8. The highest BCUT2D eigenvalue weighted by Gasteiger charge is 2.35. The molecule has 1 aromatic carbocycles. The predicted molar refractivity (Wildman–Crippen MR) is 113 cm³/mol. The fourth-order valence-electron chi connectivity index (χ4n) is 2.62. The molecule has 172 valence electrons. The highest BCUT2D eigenvalue weighted by molar-refractivity contribution is 7.99. The first-order chi connectivity index (χ1) is 14.4. The van der Waals surface area contributed by atoms with Crippen molar-refractivity contribution in [1.29, 1.82) is 0 Å². The summed E-state index contributed by atoms with van der Waals surface area (Å²) in [7, 11) is -3.74. The van der Waals surface area contributed by atoms with E-state index >= 15 is 0 Å². The number of nitrogens with zero attached hydrogens (tertiary/aromatic N) is 3. The molecular formula is C18H24F3N5O3S2. The number of halogens is 3. The Labute approximate surface area is 183 Å². The van der Waals surface area contributed by atoms with Crippen molar-refractivity contribution in [3.05, 3.63) is 35.6 Å². The van der Waals surface area contributed by atoms with E-state index < -0.39 is 39.1 Å². The summed E-state index contributed by atoms with van der Waals surface area (Å²) >= 11 is 0.518. The molecule has 0 fully saturated rings. The number of aliphatic hydroxyl groups excluding tert-OH is 1. The van der Waals surface area contributed by atoms with Crippen molar-refractivity contribution < 1.29 is 26.7 Å². The molecule has 1 atom stereocenters. The smallest absolute Gasteiger partial charge is 0.285 e. The van der Waals surface area contributed by atoms with Crippen LogP contribution in [0, 0.1) is 11.7 Å². The zero-order chi connectivity index (χ0) is 23.2. The summed E-state index contributed by atoms with van der Waals surface area (Å²) in [6.45, 7) is 3.65. The van der Waals surface area contributed by atoms with Crippen molar-refractivity contribution in [2.24, 2.45) is 5.92 Å². The summed E-state index contributed by atoms with van der Waals surface area (Å²) in [5.74, 6) is -5.66. The van der Waals surface area contributed by atoms with Crippen molar-refractivity contribution in [1.82, 2.24) is 15.0 Å². The van der Waals surface area contributed by atoms with Crippen LogP contribution in [-0.2, 0) is 15.9 Å². The standard InChI is InChI=1S/C18H24F3N5O3S2/c1-11(2)8-12(9-27)22-15-23-16(26-31(3,28)29)25-17(24-15)30-10-18(20,21)13-6-4-5-7-14(13)19/h4-7,11-12,27H,8-10H2,1-3H3,(H2,22,23,24,25,26)/t12-/m1/s1. The van der Waals surface area contributed by atoms with E-state index in [9.17, 15) is 26.7 Å². The summed E-state index contributed by atoms with van der Waals surface area (Å²) in [5.41, 5.74) is -0.762. The van der Waals surface area contributed by atoms with E-state index in [4.69, 9.17) is 0 Å². The van der Waals surface area contributed by atoms with Gasteiger partial charge in [-0.05, 0) is 18.4 Å². The monoisotopic (exact) mass is 479 g/mol. The minimum Gasteiger partial charge on any atom is -0.394 e. The number of rotatable bonds is 11. The van der Waals surface area contributed by atoms with Crippen LogP contribution in [0.15, 0.2) is 29.4 Å². The van der Waals surface area contributed by atoms with Gasteiger partial charge in [0.05, 0.1) is 30.2 Å². The summed E-state index contributed by atoms with van der Waals surface area (Å²) in [6.07, 6.45) is 1.45. The average Bonchev–Trinajstić information content (AvgIpc) is 2.64. The maximum absolute atomic E-state index is 14.5. The molecule has 0 aliphatic heterocycles. The van der Waals surface area contributed by atoms with Crippen molar-refractivity contribution in [3.8, 4) is 0 Å². The highest BCUT2D eigenvalue weighted by Crippen LogP contribution is 2.35. The Morgan fingerprint density at radius 2 is 1.81 bits per heavy atom. The zero-order valence-electron chi connectivity index (χ0n) is 17.1. The van der Waals surface area contributed by atoms with E-state index in [0.717, 1.165) is 18.4 Å². The van der Waals surface area contributed by atoms with E-state index in [2.05, 4.69) is 25.0 Å². The summed E-state index contributed by atoms with van der Waals surface area (Å²) < 4.78 is 67.9. The fourth-order valence-corrected chi connectivity index (χ4v) is 3.81. The molecule has 31 heavy (non-hydrogen) atoms. The van der Waals surface area contributed by atoms with Gasteiger partial charge in [0.2, 0.25) is 21.9 Å². The molecule has 1 aromatic heterocycles. The first-order valence-corrected chi connectivity index (χ1v) is 12.1. The Hall–Kier alpha value is -2.12. The quantitative estimate of drug-likeness (QED) is 0.421. The molecule has 0 radical (unpaired) electrons. The van der Waals surface area contributed by atoms with Gasteiger partial charge in [-0.3, -0.25) is 4.72 Å². The van der Waals surface area contributed by atoms with Gasteiger partial charge in [-0.1, -0.05) is 43.8 Å². The number of benzene rings is 1. The lowest BCUT2D eigenvalue weighted by Gasteiger charge is -2.19. The van der Waals surface area contributed by atoms with E-state index in [-0.39, 0.29) is 29.6 Å². The van der Waals surface area contributed by atoms with Crippen molar-refractivity contribution in [2.45, 2.75) is 37.4 Å². The molecule has 0 bridgehead atoms. The lowest BCUT2D eigenvalue weighted by molar-refractivity contribution is 0.0193. The molecule has 0 amide bonds. The minimum atomic E-state index is -3.74. The van der Waals surface area contributed by atoms with Crippen molar-refractivity contribution in [2.75, 3.05) is 28.7 Å². The normalized spacial score (nSPS) is 13.3. The number of alkyl halides is 2. The van der Waals surface area contributed by atoms with Crippen LogP contribution in [0.3, 0.4) is 0 Å². The number of thioether (sulfide) groups is 1. The van der Waals surface area contributed by atoms with Crippen LogP contribution in [-0.4, -0.2) is 53.1 Å². The van der Waals surface area contributed by atoms with Gasteiger partial charge in [-0.2, -0.15) is 15.0 Å². The molecule has 2 aromatic rings. The SMILES string of the molecule is CC(C)C[C@H](CO)Nc1nc(NS(C)(=O)=O)nc(SCC(F)(F)c2ccccc2F)n1. The van der Waals surface area contributed by atoms with E-state index in [1.807, 2.05) is 13.8 Å². The second-order valence-corrected chi connectivity index (χ2v) is 9.96. The Bertz CT molecular complexity index is 993. The molecule has 0 saturated carbocycles. The largest absolute Gasteiger partial charge is 0.394 e. The molecule has 0 saturated heterocycles. The summed E-state index contributed by atoms with van der Waals surface area (Å²) in [5, 5.41) is 12.2. The lowest BCUT2D eigenvalue weighted by Crippen LogP contribution is -2.27. The van der Waals surface area contributed by atoms with Gasteiger partial charge in [0.1, 0.15) is 5.82 Å². The Balaban J connectivity index is 2.28. The number of nitrogens with one attached hydrogen (secondary N) is 2. The topological polar surface area (TPSA) is 117 Å². The van der Waals surface area contributed by atoms with Crippen LogP contribution >= 0.6 is 11.8 Å². The van der Waals surface area contributed by atoms with Gasteiger partial charge in [0.15, 0.2) is 5.16 Å². The number of sulfonamides is 1. The Morgan fingerprint density at radius 1 is 1.16 bits per heavy atom. The maximum Gasteiger partial charge on any atom is 0.285 e. The van der Waals surface area contributed by atoms with Crippen LogP contribution in [0.1, 0.15) is 25.8 Å². The molecule has 0 unspecified atom stereocenters. The number of aliphatic hydroxyl groups is 1. The third-order valence-corrected chi connectivity index (χ3v) is 5.35. The lowest BCUT2D eigenvalue weighted by atomic mass is 10.0. The first kappa shape index (κ1) is 25.1. The fraction of sp³-hybridized carbons (Fsp3) is 0.500. The Morgan fingerprint density at radius 3 is 2.39 bits per heavy atom. The molecule has 3 N–H and O–H groups in total. The van der Waals surface area contributed by atoms with Gasteiger partial charge in [-0.15, -0.1) is 0 Å². The van der Waals surface area contributed by atoms with Crippen LogP contribution in [0.5, 0.6) is 0 Å². The van der Waals surface area contributed by atoms with Crippen molar-refractivity contribution >= 4 is 33.7 Å². The van der Waals surface area contributed by atoms with Crippen molar-refractivity contribution in [3.63, 3.8) is 0 Å². The van der Waals surface area contributed by atoms with Crippen LogP contribution in [0.25, 0.3) is 0 Å². The third-order valence-electron chi connectivity index (χ3n) is 3.85. The minimum absolute atomic E-state index is 0.0856. The molecule has 8 nitrogen and oxygen atoms in total. The van der Waals surface area contributed by atoms with Crippen LogP contribution < -0.4 is 10.0 Å². The third kappa shape index (κ3) is 8.15. The predicted octanol–water partition coefficient (Wildman–Crippen LogP) is 3.09. The Kier molecular flexibility index (Phi) is 8.49. The van der Waals surface area contributed by atoms with Gasteiger partial charge in [-0.25, -0.2) is 21.6 Å². The highest BCUT2D eigenvalue weighted by atomic mass is 32.2. The number of aromatic nitrogens is 3. The first-order valence-electron chi connectivity index (χ1n) is 9.26. The van der Waals surface area contributed by atoms with Crippen LogP contribution in [0.4, 0.5) is 25.1 Å². The van der Waals surface area contributed by atoms with Gasteiger partial charge in [0.25, 0.3) is 5.92 Å². The average molecular weight is 480 g/mol. The zero-order valence-corrected chi connectivity index (χ0v) is 18.8. The molecule has 0 aliphatic carbocycles. The van der Waals surface area contributed by atoms with E-state index in [0.29, 0.717) is 18.2 Å². The molecular weight excluding hydrogens is 455 g/mol. The maximum atomic E-state index is 14.5. The number of hydrogen-bond donors (Lipinski definition) is 3. The van der Waals surface area contributed by atoms with Gasteiger partial charge in [0, 0.05) is 0 Å². The molecule has 0 spiro atoms.